The first-order chi connectivity index (χ1) is 8.36. The fraction of sp³-hybridized carbons (Fsp3) is 0.500. The van der Waals surface area contributed by atoms with Gasteiger partial charge in [-0.3, -0.25) is 4.79 Å². The second-order valence-electron chi connectivity index (χ2n) is 5.05. The van der Waals surface area contributed by atoms with Gasteiger partial charge >= 0.3 is 5.97 Å². The highest BCUT2D eigenvalue weighted by molar-refractivity contribution is 9.10. The number of rotatable bonds is 5. The number of halogens is 1. The van der Waals surface area contributed by atoms with Crippen LogP contribution >= 0.6 is 15.9 Å². The molecule has 4 heteroatoms. The van der Waals surface area contributed by atoms with Crippen molar-refractivity contribution in [2.75, 3.05) is 13.7 Å². The van der Waals surface area contributed by atoms with Crippen LogP contribution in [0.15, 0.2) is 22.7 Å². The first-order valence-corrected chi connectivity index (χ1v) is 6.70. The Hall–Kier alpha value is -0.870. The smallest absolute Gasteiger partial charge is 0.312 e. The molecule has 0 spiro atoms. The van der Waals surface area contributed by atoms with Crippen LogP contribution in [0.5, 0.6) is 0 Å². The van der Waals surface area contributed by atoms with Gasteiger partial charge in [0.15, 0.2) is 0 Å². The molecule has 0 heterocycles. The molecule has 0 bridgehead atoms. The van der Waals surface area contributed by atoms with Gasteiger partial charge in [0.05, 0.1) is 12.5 Å². The molecular weight excluding hydrogens is 294 g/mol. The van der Waals surface area contributed by atoms with Crippen LogP contribution < -0.4 is 5.32 Å². The van der Waals surface area contributed by atoms with E-state index in [1.807, 2.05) is 19.9 Å². The molecule has 0 aromatic heterocycles. The van der Waals surface area contributed by atoms with Crippen molar-refractivity contribution in [2.45, 2.75) is 27.3 Å². The average molecular weight is 314 g/mol. The maximum Gasteiger partial charge on any atom is 0.312 e. The lowest BCUT2D eigenvalue weighted by Crippen LogP contribution is -2.36. The summed E-state index contributed by atoms with van der Waals surface area (Å²) in [5.41, 5.74) is 1.96. The van der Waals surface area contributed by atoms with E-state index >= 15 is 0 Å². The molecule has 1 aromatic rings. The van der Waals surface area contributed by atoms with Gasteiger partial charge in [-0.25, -0.2) is 0 Å². The Morgan fingerprint density at radius 2 is 2.11 bits per heavy atom. The molecule has 0 amide bonds. The van der Waals surface area contributed by atoms with E-state index in [9.17, 15) is 4.79 Å². The molecule has 0 radical (unpaired) electrons. The molecule has 1 rings (SSSR count). The highest BCUT2D eigenvalue weighted by Gasteiger charge is 2.27. The second-order valence-corrected chi connectivity index (χ2v) is 5.97. The summed E-state index contributed by atoms with van der Waals surface area (Å²) in [6.45, 7) is 7.16. The van der Waals surface area contributed by atoms with E-state index in [0.717, 1.165) is 11.0 Å². The van der Waals surface area contributed by atoms with E-state index in [4.69, 9.17) is 4.74 Å². The first-order valence-electron chi connectivity index (χ1n) is 5.91. The van der Waals surface area contributed by atoms with E-state index in [-0.39, 0.29) is 5.97 Å². The van der Waals surface area contributed by atoms with Crippen molar-refractivity contribution in [2.24, 2.45) is 5.41 Å². The zero-order valence-electron chi connectivity index (χ0n) is 11.3. The Kier molecular flexibility index (Phi) is 5.35. The number of carbonyl (C=O) groups excluding carboxylic acids is 1. The zero-order chi connectivity index (χ0) is 13.8. The van der Waals surface area contributed by atoms with E-state index in [0.29, 0.717) is 6.54 Å². The number of nitrogens with one attached hydrogen (secondary N) is 1. The van der Waals surface area contributed by atoms with Crippen LogP contribution in [0, 0.1) is 12.3 Å². The fourth-order valence-electron chi connectivity index (χ4n) is 1.69. The number of hydrogen-bond acceptors (Lipinski definition) is 3. The van der Waals surface area contributed by atoms with Crippen LogP contribution in [-0.4, -0.2) is 19.6 Å². The highest BCUT2D eigenvalue weighted by Crippen LogP contribution is 2.18. The van der Waals surface area contributed by atoms with Crippen molar-refractivity contribution >= 4 is 21.9 Å². The normalized spacial score (nSPS) is 11.4. The molecule has 1 N–H and O–H groups in total. The minimum Gasteiger partial charge on any atom is -0.469 e. The molecule has 0 saturated heterocycles. The Morgan fingerprint density at radius 3 is 2.72 bits per heavy atom. The van der Waals surface area contributed by atoms with Gasteiger partial charge in [0.2, 0.25) is 0 Å². The quantitative estimate of drug-likeness (QED) is 0.849. The van der Waals surface area contributed by atoms with Crippen molar-refractivity contribution in [1.29, 1.82) is 0 Å². The van der Waals surface area contributed by atoms with Crippen molar-refractivity contribution in [3.8, 4) is 0 Å². The zero-order valence-corrected chi connectivity index (χ0v) is 12.9. The summed E-state index contributed by atoms with van der Waals surface area (Å²) in [7, 11) is 1.42. The summed E-state index contributed by atoms with van der Waals surface area (Å²) in [4.78, 5) is 11.5. The van der Waals surface area contributed by atoms with Gasteiger partial charge in [-0.15, -0.1) is 0 Å². The largest absolute Gasteiger partial charge is 0.469 e. The van der Waals surface area contributed by atoms with Crippen molar-refractivity contribution < 1.29 is 9.53 Å². The van der Waals surface area contributed by atoms with E-state index < -0.39 is 5.41 Å². The van der Waals surface area contributed by atoms with Crippen molar-refractivity contribution in [3.63, 3.8) is 0 Å². The molecule has 18 heavy (non-hydrogen) atoms. The standard InChI is InChI=1S/C14H20BrNO2/c1-10-5-6-12(15)7-11(10)8-16-9-14(2,3)13(17)18-4/h5-7,16H,8-9H2,1-4H3. The number of ether oxygens (including phenoxy) is 1. The van der Waals surface area contributed by atoms with Crippen LogP contribution in [0.3, 0.4) is 0 Å². The van der Waals surface area contributed by atoms with Crippen LogP contribution in [0.25, 0.3) is 0 Å². The summed E-state index contributed by atoms with van der Waals surface area (Å²) in [5, 5.41) is 3.30. The summed E-state index contributed by atoms with van der Waals surface area (Å²) < 4.78 is 5.84. The number of carbonyl (C=O) groups is 1. The number of hydrogen-bond donors (Lipinski definition) is 1. The third-order valence-corrected chi connectivity index (χ3v) is 3.42. The summed E-state index contributed by atoms with van der Waals surface area (Å²) in [6.07, 6.45) is 0. The second kappa shape index (κ2) is 6.34. The molecule has 0 aliphatic rings. The van der Waals surface area contributed by atoms with Crippen LogP contribution in [0.4, 0.5) is 0 Å². The molecule has 0 saturated carbocycles. The number of methoxy groups -OCH3 is 1. The lowest BCUT2D eigenvalue weighted by molar-refractivity contribution is -0.150. The fourth-order valence-corrected chi connectivity index (χ4v) is 2.10. The van der Waals surface area contributed by atoms with Gasteiger partial charge in [0.25, 0.3) is 0 Å². The predicted molar refractivity (Wildman–Crippen MR) is 76.4 cm³/mol. The SMILES string of the molecule is COC(=O)C(C)(C)CNCc1cc(Br)ccc1C. The van der Waals surface area contributed by atoms with Crippen LogP contribution in [0.1, 0.15) is 25.0 Å². The minimum atomic E-state index is -0.505. The van der Waals surface area contributed by atoms with Gasteiger partial charge in [-0.1, -0.05) is 22.0 Å². The third-order valence-electron chi connectivity index (χ3n) is 2.93. The maximum absolute atomic E-state index is 11.5. The summed E-state index contributed by atoms with van der Waals surface area (Å²) in [5.74, 6) is -0.194. The van der Waals surface area contributed by atoms with Gasteiger partial charge < -0.3 is 10.1 Å². The molecule has 0 aliphatic carbocycles. The van der Waals surface area contributed by atoms with E-state index in [1.165, 1.54) is 18.2 Å². The lowest BCUT2D eigenvalue weighted by atomic mass is 9.93. The molecule has 1 aromatic carbocycles. The molecule has 0 fully saturated rings. The van der Waals surface area contributed by atoms with Crippen LogP contribution in [0.2, 0.25) is 0 Å². The molecule has 3 nitrogen and oxygen atoms in total. The molecule has 0 aliphatic heterocycles. The maximum atomic E-state index is 11.5. The first kappa shape index (κ1) is 15.2. The molecule has 100 valence electrons. The van der Waals surface area contributed by atoms with E-state index in [2.05, 4.69) is 40.3 Å². The average Bonchev–Trinajstić information content (AvgIpc) is 2.32. The Labute approximate surface area is 117 Å². The summed E-state index contributed by atoms with van der Waals surface area (Å²) >= 11 is 3.46. The van der Waals surface area contributed by atoms with Gasteiger partial charge in [-0.2, -0.15) is 0 Å². The number of aryl methyl sites for hydroxylation is 1. The number of esters is 1. The monoisotopic (exact) mass is 313 g/mol. The molecule has 0 atom stereocenters. The minimum absolute atomic E-state index is 0.194. The van der Waals surface area contributed by atoms with Gasteiger partial charge in [-0.05, 0) is 44.0 Å². The van der Waals surface area contributed by atoms with Crippen molar-refractivity contribution in [3.05, 3.63) is 33.8 Å². The molecule has 0 unspecified atom stereocenters. The Balaban J connectivity index is 2.56. The van der Waals surface area contributed by atoms with Gasteiger partial charge in [0, 0.05) is 17.6 Å². The number of benzene rings is 1. The highest BCUT2D eigenvalue weighted by atomic mass is 79.9. The van der Waals surface area contributed by atoms with Crippen molar-refractivity contribution in [1.82, 2.24) is 5.32 Å². The van der Waals surface area contributed by atoms with Crippen LogP contribution in [-0.2, 0) is 16.1 Å². The lowest BCUT2D eigenvalue weighted by Gasteiger charge is -2.22. The topological polar surface area (TPSA) is 38.3 Å². The Bertz CT molecular complexity index is 430. The third kappa shape index (κ3) is 4.10. The summed E-state index contributed by atoms with van der Waals surface area (Å²) in [6, 6.07) is 6.19. The predicted octanol–water partition coefficient (Wildman–Crippen LogP) is 3.05. The Morgan fingerprint density at radius 1 is 1.44 bits per heavy atom. The van der Waals surface area contributed by atoms with Gasteiger partial charge in [0.1, 0.15) is 0 Å². The van der Waals surface area contributed by atoms with E-state index in [1.54, 1.807) is 0 Å². The molecular formula is C14H20BrNO2.